The molecule has 1 amide bonds. The maximum absolute atomic E-state index is 12.6. The number of benzene rings is 2. The maximum Gasteiger partial charge on any atom is 0.416 e. The highest BCUT2D eigenvalue weighted by molar-refractivity contribution is 5.96. The van der Waals surface area contributed by atoms with E-state index in [9.17, 15) is 22.8 Å². The van der Waals surface area contributed by atoms with Crippen LogP contribution in [0.3, 0.4) is 0 Å². The Balaban J connectivity index is 1.83. The van der Waals surface area contributed by atoms with Crippen LogP contribution in [0.1, 0.15) is 35.2 Å². The van der Waals surface area contributed by atoms with E-state index in [1.54, 1.807) is 30.3 Å². The van der Waals surface area contributed by atoms with Crippen molar-refractivity contribution in [2.24, 2.45) is 0 Å². The van der Waals surface area contributed by atoms with Crippen molar-refractivity contribution in [2.45, 2.75) is 25.4 Å². The summed E-state index contributed by atoms with van der Waals surface area (Å²) in [5.41, 5.74) is -0.153. The summed E-state index contributed by atoms with van der Waals surface area (Å²) in [6.07, 6.45) is -3.85. The van der Waals surface area contributed by atoms with E-state index >= 15 is 0 Å². The third-order valence-corrected chi connectivity index (χ3v) is 3.38. The highest BCUT2D eigenvalue weighted by Gasteiger charge is 2.30. The molecule has 0 aliphatic heterocycles. The second-order valence-corrected chi connectivity index (χ2v) is 5.27. The van der Waals surface area contributed by atoms with E-state index in [2.05, 4.69) is 5.32 Å². The molecule has 24 heavy (non-hydrogen) atoms. The van der Waals surface area contributed by atoms with Gasteiger partial charge in [-0.05, 0) is 24.6 Å². The molecule has 2 aromatic rings. The number of carbonyl (C=O) groups is 2. The Bertz CT molecular complexity index is 712. The normalized spacial score (nSPS) is 11.1. The van der Waals surface area contributed by atoms with Gasteiger partial charge >= 0.3 is 6.18 Å². The van der Waals surface area contributed by atoms with Gasteiger partial charge in [0.15, 0.2) is 5.78 Å². The second kappa shape index (κ2) is 7.77. The van der Waals surface area contributed by atoms with Crippen LogP contribution in [0.2, 0.25) is 0 Å². The number of nitrogens with one attached hydrogen (secondary N) is 1. The van der Waals surface area contributed by atoms with Gasteiger partial charge in [-0.15, -0.1) is 0 Å². The lowest BCUT2D eigenvalue weighted by atomic mass is 10.1. The molecule has 0 spiro atoms. The zero-order valence-electron chi connectivity index (χ0n) is 12.8. The van der Waals surface area contributed by atoms with Crippen LogP contribution in [0.4, 0.5) is 18.9 Å². The molecule has 0 atom stereocenters. The lowest BCUT2D eigenvalue weighted by Crippen LogP contribution is -2.13. The van der Waals surface area contributed by atoms with E-state index in [0.29, 0.717) is 12.0 Å². The van der Waals surface area contributed by atoms with Crippen LogP contribution in [0.5, 0.6) is 0 Å². The summed E-state index contributed by atoms with van der Waals surface area (Å²) in [6, 6.07) is 13.2. The first-order valence-corrected chi connectivity index (χ1v) is 7.41. The predicted molar refractivity (Wildman–Crippen MR) is 84.7 cm³/mol. The number of anilines is 1. The third-order valence-electron chi connectivity index (χ3n) is 3.38. The number of hydrogen-bond donors (Lipinski definition) is 1. The fraction of sp³-hybridized carbons (Fsp3) is 0.222. The third kappa shape index (κ3) is 5.22. The molecule has 0 saturated carbocycles. The molecule has 0 bridgehead atoms. The van der Waals surface area contributed by atoms with Gasteiger partial charge in [0.2, 0.25) is 5.91 Å². The minimum Gasteiger partial charge on any atom is -0.326 e. The molecule has 0 saturated heterocycles. The Morgan fingerprint density at radius 1 is 0.917 bits per heavy atom. The van der Waals surface area contributed by atoms with E-state index in [4.69, 9.17) is 0 Å². The summed E-state index contributed by atoms with van der Waals surface area (Å²) in [5.74, 6) is -0.488. The SMILES string of the molecule is O=C(CCCC(=O)c1ccccc1)Nc1cccc(C(F)(F)F)c1. The smallest absolute Gasteiger partial charge is 0.326 e. The molecule has 126 valence electrons. The van der Waals surface area contributed by atoms with Crippen molar-refractivity contribution in [1.82, 2.24) is 0 Å². The molecule has 0 heterocycles. The predicted octanol–water partition coefficient (Wildman–Crippen LogP) is 4.70. The van der Waals surface area contributed by atoms with Gasteiger partial charge < -0.3 is 5.32 Å². The van der Waals surface area contributed by atoms with Gasteiger partial charge in [-0.1, -0.05) is 36.4 Å². The Morgan fingerprint density at radius 3 is 2.29 bits per heavy atom. The Morgan fingerprint density at radius 2 is 1.62 bits per heavy atom. The van der Waals surface area contributed by atoms with Crippen molar-refractivity contribution < 1.29 is 22.8 Å². The number of amides is 1. The summed E-state index contributed by atoms with van der Waals surface area (Å²) in [5, 5.41) is 2.42. The van der Waals surface area contributed by atoms with Crippen LogP contribution in [0, 0.1) is 0 Å². The Hall–Kier alpha value is -2.63. The minimum absolute atomic E-state index is 0.0643. The van der Waals surface area contributed by atoms with Crippen LogP contribution in [0.25, 0.3) is 0 Å². The topological polar surface area (TPSA) is 46.2 Å². The van der Waals surface area contributed by atoms with Crippen LogP contribution in [0.15, 0.2) is 54.6 Å². The van der Waals surface area contributed by atoms with E-state index in [1.165, 1.54) is 12.1 Å². The van der Waals surface area contributed by atoms with Crippen LogP contribution >= 0.6 is 0 Å². The summed E-state index contributed by atoms with van der Waals surface area (Å²) >= 11 is 0. The highest BCUT2D eigenvalue weighted by Crippen LogP contribution is 2.30. The van der Waals surface area contributed by atoms with Gasteiger partial charge in [0.25, 0.3) is 0 Å². The molecule has 0 fully saturated rings. The first-order chi connectivity index (χ1) is 11.4. The van der Waals surface area contributed by atoms with E-state index in [0.717, 1.165) is 12.1 Å². The molecule has 0 aliphatic carbocycles. The average Bonchev–Trinajstić information content (AvgIpc) is 2.55. The standard InChI is InChI=1S/C18H16F3NO2/c19-18(20,21)14-8-4-9-15(12-14)22-17(24)11-5-10-16(23)13-6-2-1-3-7-13/h1-4,6-9,12H,5,10-11H2,(H,22,24). The lowest BCUT2D eigenvalue weighted by molar-refractivity contribution is -0.137. The molecular weight excluding hydrogens is 319 g/mol. The molecule has 0 aromatic heterocycles. The monoisotopic (exact) mass is 335 g/mol. The van der Waals surface area contributed by atoms with E-state index in [-0.39, 0.29) is 24.3 Å². The van der Waals surface area contributed by atoms with Crippen LogP contribution in [-0.4, -0.2) is 11.7 Å². The summed E-state index contributed by atoms with van der Waals surface area (Å²) < 4.78 is 37.8. The molecule has 0 unspecified atom stereocenters. The molecule has 6 heteroatoms. The van der Waals surface area contributed by atoms with Crippen molar-refractivity contribution in [3.05, 3.63) is 65.7 Å². The van der Waals surface area contributed by atoms with Gasteiger partial charge in [-0.25, -0.2) is 0 Å². The number of carbonyl (C=O) groups excluding carboxylic acids is 2. The molecule has 3 nitrogen and oxygen atoms in total. The summed E-state index contributed by atoms with van der Waals surface area (Å²) in [4.78, 5) is 23.7. The Kier molecular flexibility index (Phi) is 5.73. The summed E-state index contributed by atoms with van der Waals surface area (Å²) in [6.45, 7) is 0. The van der Waals surface area contributed by atoms with Crippen molar-refractivity contribution in [2.75, 3.05) is 5.32 Å². The molecule has 2 rings (SSSR count). The summed E-state index contributed by atoms with van der Waals surface area (Å²) in [7, 11) is 0. The number of ketones is 1. The van der Waals surface area contributed by atoms with Gasteiger partial charge in [-0.2, -0.15) is 13.2 Å². The number of alkyl halides is 3. The van der Waals surface area contributed by atoms with Crippen LogP contribution in [-0.2, 0) is 11.0 Å². The maximum atomic E-state index is 12.6. The molecule has 0 radical (unpaired) electrons. The first kappa shape index (κ1) is 17.7. The fourth-order valence-corrected chi connectivity index (χ4v) is 2.17. The number of hydrogen-bond acceptors (Lipinski definition) is 2. The van der Waals surface area contributed by atoms with Crippen molar-refractivity contribution >= 4 is 17.4 Å². The van der Waals surface area contributed by atoms with Crippen molar-refractivity contribution in [1.29, 1.82) is 0 Å². The average molecular weight is 335 g/mol. The fourth-order valence-electron chi connectivity index (χ4n) is 2.17. The molecule has 0 aliphatic rings. The van der Waals surface area contributed by atoms with E-state index in [1.807, 2.05) is 0 Å². The highest BCUT2D eigenvalue weighted by atomic mass is 19.4. The first-order valence-electron chi connectivity index (χ1n) is 7.41. The quantitative estimate of drug-likeness (QED) is 0.778. The molecule has 2 aromatic carbocycles. The zero-order valence-corrected chi connectivity index (χ0v) is 12.8. The van der Waals surface area contributed by atoms with Gasteiger partial charge in [0, 0.05) is 24.1 Å². The lowest BCUT2D eigenvalue weighted by Gasteiger charge is -2.09. The molecular formula is C18H16F3NO2. The van der Waals surface area contributed by atoms with Gasteiger partial charge in [0.1, 0.15) is 0 Å². The van der Waals surface area contributed by atoms with Crippen molar-refractivity contribution in [3.8, 4) is 0 Å². The van der Waals surface area contributed by atoms with Crippen LogP contribution < -0.4 is 5.32 Å². The Labute approximate surface area is 137 Å². The molecule has 1 N–H and O–H groups in total. The second-order valence-electron chi connectivity index (χ2n) is 5.27. The van der Waals surface area contributed by atoms with Gasteiger partial charge in [-0.3, -0.25) is 9.59 Å². The largest absolute Gasteiger partial charge is 0.416 e. The van der Waals surface area contributed by atoms with E-state index < -0.39 is 17.6 Å². The number of Topliss-reactive ketones (excluding diaryl/α,β-unsaturated/α-hetero) is 1. The van der Waals surface area contributed by atoms with Gasteiger partial charge in [0.05, 0.1) is 5.56 Å². The van der Waals surface area contributed by atoms with Crippen molar-refractivity contribution in [3.63, 3.8) is 0 Å². The number of halogens is 3. The minimum atomic E-state index is -4.46. The number of rotatable bonds is 6. The zero-order chi connectivity index (χ0) is 17.6.